The quantitative estimate of drug-likeness (QED) is 0.606. The highest BCUT2D eigenvalue weighted by Crippen LogP contribution is 2.26. The molecule has 106 valence electrons. The first-order valence-corrected chi connectivity index (χ1v) is 6.70. The number of carbonyl (C=O) groups is 1. The van der Waals surface area contributed by atoms with E-state index in [4.69, 9.17) is 11.0 Å². The summed E-state index contributed by atoms with van der Waals surface area (Å²) in [5, 5.41) is 9.13. The van der Waals surface area contributed by atoms with Crippen molar-refractivity contribution in [1.82, 2.24) is 4.90 Å². The molecule has 0 aromatic carbocycles. The van der Waals surface area contributed by atoms with Crippen LogP contribution < -0.4 is 5.73 Å². The molecule has 19 heavy (non-hydrogen) atoms. The van der Waals surface area contributed by atoms with Crippen molar-refractivity contribution in [3.8, 4) is 6.07 Å². The van der Waals surface area contributed by atoms with Crippen LogP contribution in [0.15, 0.2) is 4.99 Å². The van der Waals surface area contributed by atoms with Crippen LogP contribution in [-0.4, -0.2) is 35.3 Å². The maximum atomic E-state index is 12.1. The van der Waals surface area contributed by atoms with Gasteiger partial charge in [0.25, 0.3) is 5.91 Å². The summed E-state index contributed by atoms with van der Waals surface area (Å²) in [5.74, 6) is -0.0576. The number of nitriles is 1. The molecule has 1 aliphatic rings. The number of rotatable bonds is 2. The molecule has 2 N–H and O–H groups in total. The largest absolute Gasteiger partial charge is 0.387 e. The molecule has 2 unspecified atom stereocenters. The number of hydrogen-bond donors (Lipinski definition) is 1. The van der Waals surface area contributed by atoms with Crippen molar-refractivity contribution in [3.05, 3.63) is 0 Å². The lowest BCUT2D eigenvalue weighted by molar-refractivity contribution is -0.121. The topological polar surface area (TPSA) is 82.5 Å². The fourth-order valence-electron chi connectivity index (χ4n) is 2.12. The lowest BCUT2D eigenvalue weighted by Gasteiger charge is -2.23. The average Bonchev–Trinajstić information content (AvgIpc) is 2.71. The molecule has 1 amide bonds. The van der Waals surface area contributed by atoms with Crippen molar-refractivity contribution >= 4 is 11.7 Å². The monoisotopic (exact) mass is 264 g/mol. The maximum Gasteiger partial charge on any atom is 0.251 e. The van der Waals surface area contributed by atoms with E-state index in [0.29, 0.717) is 18.8 Å². The van der Waals surface area contributed by atoms with E-state index in [2.05, 4.69) is 11.1 Å². The smallest absolute Gasteiger partial charge is 0.251 e. The molecule has 1 aliphatic heterocycles. The third-order valence-electron chi connectivity index (χ3n) is 3.50. The molecule has 1 fully saturated rings. The van der Waals surface area contributed by atoms with Gasteiger partial charge in [0.2, 0.25) is 0 Å². The minimum atomic E-state index is -0.305. The van der Waals surface area contributed by atoms with E-state index >= 15 is 0 Å². The average molecular weight is 264 g/mol. The molecule has 0 aromatic rings. The van der Waals surface area contributed by atoms with Crippen LogP contribution in [0.2, 0.25) is 0 Å². The van der Waals surface area contributed by atoms with E-state index in [9.17, 15) is 4.79 Å². The van der Waals surface area contributed by atoms with Crippen LogP contribution in [-0.2, 0) is 4.79 Å². The molecule has 0 saturated carbocycles. The van der Waals surface area contributed by atoms with Gasteiger partial charge in [-0.05, 0) is 20.3 Å². The molecule has 0 aliphatic carbocycles. The Balaban J connectivity index is 2.79. The third-order valence-corrected chi connectivity index (χ3v) is 3.50. The molecular formula is C14H24N4O. The van der Waals surface area contributed by atoms with Gasteiger partial charge in [0.05, 0.1) is 18.0 Å². The summed E-state index contributed by atoms with van der Waals surface area (Å²) in [6.45, 7) is 10.4. The summed E-state index contributed by atoms with van der Waals surface area (Å²) in [6, 6.07) is 2.32. The Bertz CT molecular complexity index is 414. The fraction of sp³-hybridized carbons (Fsp3) is 0.786. The number of nitrogens with two attached hydrogens (primary N) is 1. The third kappa shape index (κ3) is 3.77. The molecular weight excluding hydrogens is 240 g/mol. The number of carbonyl (C=O) groups excluding carboxylic acids is 1. The number of likely N-dealkylation sites (tertiary alicyclic amines) is 1. The van der Waals surface area contributed by atoms with E-state index < -0.39 is 0 Å². The zero-order chi connectivity index (χ0) is 14.8. The van der Waals surface area contributed by atoms with Gasteiger partial charge in [0, 0.05) is 18.0 Å². The zero-order valence-corrected chi connectivity index (χ0v) is 12.5. The van der Waals surface area contributed by atoms with Crippen molar-refractivity contribution in [2.75, 3.05) is 6.54 Å². The number of hydrogen-bond acceptors (Lipinski definition) is 3. The second-order valence-corrected chi connectivity index (χ2v) is 6.45. The second kappa shape index (κ2) is 5.70. The predicted molar refractivity (Wildman–Crippen MR) is 75.4 cm³/mol. The number of nitrogens with zero attached hydrogens (tertiary/aromatic N) is 3. The Kier molecular flexibility index (Phi) is 4.70. The second-order valence-electron chi connectivity index (χ2n) is 6.45. The highest BCUT2D eigenvalue weighted by molar-refractivity contribution is 5.97. The summed E-state index contributed by atoms with van der Waals surface area (Å²) in [4.78, 5) is 18.2. The number of amidine groups is 1. The van der Waals surface area contributed by atoms with Crippen LogP contribution in [0.4, 0.5) is 0 Å². The first-order valence-electron chi connectivity index (χ1n) is 6.70. The van der Waals surface area contributed by atoms with Gasteiger partial charge >= 0.3 is 0 Å². The van der Waals surface area contributed by atoms with E-state index in [1.807, 2.05) is 39.5 Å². The van der Waals surface area contributed by atoms with Crippen molar-refractivity contribution < 1.29 is 4.79 Å². The van der Waals surface area contributed by atoms with E-state index in [0.717, 1.165) is 0 Å². The standard InChI is InChI=1S/C14H24N4O/c1-9(2)18-8-10(6-11(18)7-15)12(19)17-13(16)14(3,4)5/h9-11H,6,8H2,1-5H3,(H2,16,17,19). The van der Waals surface area contributed by atoms with Crippen molar-refractivity contribution in [1.29, 1.82) is 5.26 Å². The highest BCUT2D eigenvalue weighted by atomic mass is 16.1. The molecule has 2 atom stereocenters. The van der Waals surface area contributed by atoms with Gasteiger partial charge in [-0.15, -0.1) is 0 Å². The first-order chi connectivity index (χ1) is 8.66. The van der Waals surface area contributed by atoms with Gasteiger partial charge in [-0.3, -0.25) is 9.69 Å². The summed E-state index contributed by atoms with van der Waals surface area (Å²) in [7, 11) is 0. The Labute approximate surface area is 115 Å². The van der Waals surface area contributed by atoms with Crippen LogP contribution in [0.25, 0.3) is 0 Å². The summed E-state index contributed by atoms with van der Waals surface area (Å²) in [6.07, 6.45) is 0.550. The maximum absolute atomic E-state index is 12.1. The first kappa shape index (κ1) is 15.6. The Hall–Kier alpha value is -1.41. The van der Waals surface area contributed by atoms with E-state index in [1.165, 1.54) is 0 Å². The number of aliphatic imine (C=N–C) groups is 1. The molecule has 0 radical (unpaired) electrons. The van der Waals surface area contributed by atoms with Crippen molar-refractivity contribution in [2.24, 2.45) is 22.1 Å². The van der Waals surface area contributed by atoms with Crippen LogP contribution in [0.3, 0.4) is 0 Å². The highest BCUT2D eigenvalue weighted by Gasteiger charge is 2.37. The van der Waals surface area contributed by atoms with Crippen LogP contribution >= 0.6 is 0 Å². The normalized spacial score (nSPS) is 25.6. The Morgan fingerprint density at radius 2 is 2.05 bits per heavy atom. The summed E-state index contributed by atoms with van der Waals surface area (Å²) >= 11 is 0. The van der Waals surface area contributed by atoms with Crippen LogP contribution in [0.1, 0.15) is 41.0 Å². The minimum Gasteiger partial charge on any atom is -0.387 e. The Morgan fingerprint density at radius 3 is 2.42 bits per heavy atom. The molecule has 0 spiro atoms. The molecule has 0 aromatic heterocycles. The zero-order valence-electron chi connectivity index (χ0n) is 12.5. The van der Waals surface area contributed by atoms with Gasteiger partial charge in [-0.2, -0.15) is 10.3 Å². The van der Waals surface area contributed by atoms with Crippen molar-refractivity contribution in [2.45, 2.75) is 53.1 Å². The van der Waals surface area contributed by atoms with Crippen LogP contribution in [0.5, 0.6) is 0 Å². The SMILES string of the molecule is CC(C)N1CC(C(=O)N=C(N)C(C)(C)C)CC1C#N. The fourth-order valence-corrected chi connectivity index (χ4v) is 2.12. The van der Waals surface area contributed by atoms with Gasteiger partial charge in [0.1, 0.15) is 5.84 Å². The lowest BCUT2D eigenvalue weighted by atomic mass is 9.95. The van der Waals surface area contributed by atoms with Gasteiger partial charge < -0.3 is 5.73 Å². The molecule has 5 nitrogen and oxygen atoms in total. The van der Waals surface area contributed by atoms with Crippen LogP contribution in [0, 0.1) is 22.7 Å². The van der Waals surface area contributed by atoms with Crippen molar-refractivity contribution in [3.63, 3.8) is 0 Å². The predicted octanol–water partition coefficient (Wildman–Crippen LogP) is 1.54. The molecule has 5 heteroatoms. The van der Waals surface area contributed by atoms with E-state index in [-0.39, 0.29) is 29.3 Å². The molecule has 0 bridgehead atoms. The molecule has 1 heterocycles. The van der Waals surface area contributed by atoms with Gasteiger partial charge in [0.15, 0.2) is 0 Å². The molecule has 1 saturated heterocycles. The number of amides is 1. The van der Waals surface area contributed by atoms with Gasteiger partial charge in [-0.25, -0.2) is 0 Å². The Morgan fingerprint density at radius 1 is 1.47 bits per heavy atom. The van der Waals surface area contributed by atoms with Gasteiger partial charge in [-0.1, -0.05) is 20.8 Å². The summed E-state index contributed by atoms with van der Waals surface area (Å²) < 4.78 is 0. The molecule has 1 rings (SSSR count). The lowest BCUT2D eigenvalue weighted by Crippen LogP contribution is -2.35. The summed E-state index contributed by atoms with van der Waals surface area (Å²) in [5.41, 5.74) is 5.53. The minimum absolute atomic E-state index is 0.194. The van der Waals surface area contributed by atoms with E-state index in [1.54, 1.807) is 0 Å².